The van der Waals surface area contributed by atoms with Crippen molar-refractivity contribution in [2.45, 2.75) is 32.0 Å². The van der Waals surface area contributed by atoms with Gasteiger partial charge in [0, 0.05) is 30.5 Å². The Morgan fingerprint density at radius 1 is 0.794 bits per heavy atom. The highest BCUT2D eigenvalue weighted by Gasteiger charge is 2.31. The minimum Gasteiger partial charge on any atom is -0.497 e. The molecule has 0 amide bonds. The van der Waals surface area contributed by atoms with Gasteiger partial charge in [0.15, 0.2) is 0 Å². The predicted molar refractivity (Wildman–Crippen MR) is 125 cm³/mol. The van der Waals surface area contributed by atoms with Gasteiger partial charge in [-0.1, -0.05) is 12.8 Å². The standard InChI is InChI=1S/C24H26F3N5O2/c1-33-19-10-6-18(7-11-19)29-23-30-21(16-22(31-23)32-14-4-2-3-5-15-32)28-17-8-12-20(13-9-17)34-24(25,26)27/h6-13,16H,2-5,14-15H2,1H3,(H2,28,29,30,31). The topological polar surface area (TPSA) is 71.5 Å². The third-order valence-corrected chi connectivity index (χ3v) is 5.35. The maximum atomic E-state index is 12.4. The molecular formula is C24H26F3N5O2. The van der Waals surface area contributed by atoms with Gasteiger partial charge in [0.25, 0.3) is 0 Å². The van der Waals surface area contributed by atoms with Gasteiger partial charge in [-0.15, -0.1) is 13.2 Å². The fourth-order valence-corrected chi connectivity index (χ4v) is 3.71. The van der Waals surface area contributed by atoms with Gasteiger partial charge in [-0.3, -0.25) is 0 Å². The van der Waals surface area contributed by atoms with E-state index in [0.29, 0.717) is 17.5 Å². The molecule has 4 rings (SSSR count). The number of ether oxygens (including phenoxy) is 2. The normalized spacial score (nSPS) is 14.3. The van der Waals surface area contributed by atoms with Gasteiger partial charge >= 0.3 is 6.36 Å². The van der Waals surface area contributed by atoms with E-state index in [4.69, 9.17) is 9.72 Å². The molecule has 2 N–H and O–H groups in total. The zero-order valence-corrected chi connectivity index (χ0v) is 18.7. The third-order valence-electron chi connectivity index (χ3n) is 5.35. The van der Waals surface area contributed by atoms with E-state index in [1.165, 1.54) is 37.1 Å². The van der Waals surface area contributed by atoms with Crippen molar-refractivity contribution in [1.82, 2.24) is 9.97 Å². The molecule has 34 heavy (non-hydrogen) atoms. The van der Waals surface area contributed by atoms with Crippen molar-refractivity contribution in [2.75, 3.05) is 35.7 Å². The molecule has 3 aromatic rings. The van der Waals surface area contributed by atoms with E-state index in [9.17, 15) is 13.2 Å². The average molecular weight is 473 g/mol. The summed E-state index contributed by atoms with van der Waals surface area (Å²) < 4.78 is 46.4. The van der Waals surface area contributed by atoms with Crippen LogP contribution in [0.4, 0.5) is 42.1 Å². The van der Waals surface area contributed by atoms with Crippen LogP contribution in [0.2, 0.25) is 0 Å². The van der Waals surface area contributed by atoms with E-state index in [1.54, 1.807) is 7.11 Å². The van der Waals surface area contributed by atoms with Crippen LogP contribution >= 0.6 is 0 Å². The van der Waals surface area contributed by atoms with E-state index in [1.807, 2.05) is 30.3 Å². The molecule has 180 valence electrons. The van der Waals surface area contributed by atoms with Gasteiger partial charge in [-0.05, 0) is 61.4 Å². The SMILES string of the molecule is COc1ccc(Nc2nc(Nc3ccc(OC(F)(F)F)cc3)cc(N3CCCCCC3)n2)cc1. The Kier molecular flexibility index (Phi) is 7.24. The molecule has 7 nitrogen and oxygen atoms in total. The van der Waals surface area contributed by atoms with Crippen LogP contribution in [0.15, 0.2) is 54.6 Å². The van der Waals surface area contributed by atoms with Gasteiger partial charge in [0.2, 0.25) is 5.95 Å². The molecule has 2 heterocycles. The first kappa shape index (κ1) is 23.5. The van der Waals surface area contributed by atoms with E-state index >= 15 is 0 Å². The minimum absolute atomic E-state index is 0.284. The van der Waals surface area contributed by atoms with E-state index in [0.717, 1.165) is 43.2 Å². The number of anilines is 5. The van der Waals surface area contributed by atoms with Crippen LogP contribution in [0.5, 0.6) is 11.5 Å². The highest BCUT2D eigenvalue weighted by molar-refractivity contribution is 5.64. The molecule has 1 aliphatic rings. The molecule has 1 saturated heterocycles. The molecule has 0 atom stereocenters. The van der Waals surface area contributed by atoms with E-state index < -0.39 is 6.36 Å². The fourth-order valence-electron chi connectivity index (χ4n) is 3.71. The number of aromatic nitrogens is 2. The first-order chi connectivity index (χ1) is 16.4. The van der Waals surface area contributed by atoms with E-state index in [-0.39, 0.29) is 5.75 Å². The van der Waals surface area contributed by atoms with Crippen LogP contribution in [0.25, 0.3) is 0 Å². The zero-order valence-electron chi connectivity index (χ0n) is 18.7. The van der Waals surface area contributed by atoms with Gasteiger partial charge in [-0.2, -0.15) is 9.97 Å². The molecule has 1 aromatic heterocycles. The Labute approximate surface area is 195 Å². The van der Waals surface area contributed by atoms with E-state index in [2.05, 4.69) is 25.3 Å². The summed E-state index contributed by atoms with van der Waals surface area (Å²) in [5.41, 5.74) is 1.37. The summed E-state index contributed by atoms with van der Waals surface area (Å²) in [5, 5.41) is 6.38. The molecule has 1 aliphatic heterocycles. The van der Waals surface area contributed by atoms with Gasteiger partial charge in [0.1, 0.15) is 23.1 Å². The Balaban J connectivity index is 1.58. The van der Waals surface area contributed by atoms with Crippen molar-refractivity contribution in [2.24, 2.45) is 0 Å². The summed E-state index contributed by atoms with van der Waals surface area (Å²) in [6.45, 7) is 1.81. The largest absolute Gasteiger partial charge is 0.573 e. The average Bonchev–Trinajstić information content (AvgIpc) is 3.10. The van der Waals surface area contributed by atoms with Crippen molar-refractivity contribution < 1.29 is 22.6 Å². The van der Waals surface area contributed by atoms with Gasteiger partial charge in [-0.25, -0.2) is 0 Å². The minimum atomic E-state index is -4.73. The maximum absolute atomic E-state index is 12.4. The maximum Gasteiger partial charge on any atom is 0.573 e. The second kappa shape index (κ2) is 10.5. The Morgan fingerprint density at radius 2 is 1.38 bits per heavy atom. The van der Waals surface area contributed by atoms with Crippen LogP contribution in [0, 0.1) is 0 Å². The van der Waals surface area contributed by atoms with Crippen LogP contribution in [0.3, 0.4) is 0 Å². The first-order valence-electron chi connectivity index (χ1n) is 11.1. The lowest BCUT2D eigenvalue weighted by atomic mass is 10.2. The predicted octanol–water partition coefficient (Wildman–Crippen LogP) is 6.25. The van der Waals surface area contributed by atoms with Crippen molar-refractivity contribution in [1.29, 1.82) is 0 Å². The molecule has 0 unspecified atom stereocenters. The lowest BCUT2D eigenvalue weighted by Crippen LogP contribution is -2.25. The number of nitrogens with zero attached hydrogens (tertiary/aromatic N) is 3. The monoisotopic (exact) mass is 473 g/mol. The number of benzene rings is 2. The number of methoxy groups -OCH3 is 1. The lowest BCUT2D eigenvalue weighted by Gasteiger charge is -2.23. The molecule has 0 spiro atoms. The molecule has 0 bridgehead atoms. The summed E-state index contributed by atoms with van der Waals surface area (Å²) in [7, 11) is 1.61. The van der Waals surface area contributed by atoms with Crippen LogP contribution in [0.1, 0.15) is 25.7 Å². The van der Waals surface area contributed by atoms with Crippen molar-refractivity contribution in [3.05, 3.63) is 54.6 Å². The fraction of sp³-hybridized carbons (Fsp3) is 0.333. The Bertz CT molecular complexity index is 1070. The smallest absolute Gasteiger partial charge is 0.497 e. The number of hydrogen-bond acceptors (Lipinski definition) is 7. The first-order valence-corrected chi connectivity index (χ1v) is 11.1. The van der Waals surface area contributed by atoms with Crippen LogP contribution in [-0.2, 0) is 0 Å². The summed E-state index contributed by atoms with van der Waals surface area (Å²) in [5.74, 6) is 2.17. The Morgan fingerprint density at radius 3 is 1.97 bits per heavy atom. The molecule has 0 saturated carbocycles. The van der Waals surface area contributed by atoms with Crippen LogP contribution < -0.4 is 25.0 Å². The molecule has 10 heteroatoms. The number of nitrogens with one attached hydrogen (secondary N) is 2. The number of alkyl halides is 3. The third kappa shape index (κ3) is 6.66. The second-order valence-electron chi connectivity index (χ2n) is 7.89. The lowest BCUT2D eigenvalue weighted by molar-refractivity contribution is -0.274. The highest BCUT2D eigenvalue weighted by atomic mass is 19.4. The van der Waals surface area contributed by atoms with Gasteiger partial charge < -0.3 is 25.0 Å². The Hall–Kier alpha value is -3.69. The molecule has 0 radical (unpaired) electrons. The number of halogens is 3. The van der Waals surface area contributed by atoms with Crippen molar-refractivity contribution in [3.63, 3.8) is 0 Å². The zero-order chi connectivity index (χ0) is 24.0. The summed E-state index contributed by atoms with van der Waals surface area (Å²) in [6.07, 6.45) is -0.166. The highest BCUT2D eigenvalue weighted by Crippen LogP contribution is 2.28. The number of hydrogen-bond donors (Lipinski definition) is 2. The molecular weight excluding hydrogens is 447 g/mol. The summed E-state index contributed by atoms with van der Waals surface area (Å²) in [4.78, 5) is 11.5. The summed E-state index contributed by atoms with van der Waals surface area (Å²) >= 11 is 0. The van der Waals surface area contributed by atoms with Crippen LogP contribution in [-0.4, -0.2) is 36.5 Å². The van der Waals surface area contributed by atoms with Gasteiger partial charge in [0.05, 0.1) is 7.11 Å². The number of rotatable bonds is 7. The van der Waals surface area contributed by atoms with Crippen molar-refractivity contribution in [3.8, 4) is 11.5 Å². The molecule has 2 aromatic carbocycles. The second-order valence-corrected chi connectivity index (χ2v) is 7.89. The quantitative estimate of drug-likeness (QED) is 0.420. The molecule has 1 fully saturated rings. The van der Waals surface area contributed by atoms with Crippen molar-refractivity contribution >= 4 is 29.0 Å². The molecule has 0 aliphatic carbocycles. The summed E-state index contributed by atoms with van der Waals surface area (Å²) in [6, 6.07) is 14.8.